The summed E-state index contributed by atoms with van der Waals surface area (Å²) < 4.78 is 5.33. The van der Waals surface area contributed by atoms with Crippen molar-refractivity contribution < 1.29 is 14.3 Å². The lowest BCUT2D eigenvalue weighted by Gasteiger charge is -2.26. The largest absolute Gasteiger partial charge is 0.379 e. The Balaban J connectivity index is 1.49. The van der Waals surface area contributed by atoms with Gasteiger partial charge in [0.15, 0.2) is 0 Å². The third-order valence-corrected chi connectivity index (χ3v) is 5.39. The summed E-state index contributed by atoms with van der Waals surface area (Å²) in [6.45, 7) is 4.74. The van der Waals surface area contributed by atoms with E-state index in [1.54, 1.807) is 24.3 Å². The van der Waals surface area contributed by atoms with Crippen molar-refractivity contribution >= 4 is 11.8 Å². The first kappa shape index (κ1) is 19.8. The van der Waals surface area contributed by atoms with Gasteiger partial charge in [-0.2, -0.15) is 0 Å². The van der Waals surface area contributed by atoms with Crippen LogP contribution in [0.2, 0.25) is 0 Å². The summed E-state index contributed by atoms with van der Waals surface area (Å²) in [5.41, 5.74) is 1.09. The van der Waals surface area contributed by atoms with E-state index in [1.165, 1.54) is 25.7 Å². The average molecular weight is 373 g/mol. The number of hydrogen-bond donors (Lipinski definition) is 2. The number of hydrogen-bond acceptors (Lipinski definition) is 4. The zero-order chi connectivity index (χ0) is 18.9. The van der Waals surface area contributed by atoms with Crippen molar-refractivity contribution in [2.45, 2.75) is 44.6 Å². The van der Waals surface area contributed by atoms with Gasteiger partial charge in [-0.05, 0) is 31.0 Å². The van der Waals surface area contributed by atoms with Crippen LogP contribution in [0.4, 0.5) is 0 Å². The maximum Gasteiger partial charge on any atom is 0.251 e. The number of benzene rings is 1. The Hall–Kier alpha value is -1.92. The van der Waals surface area contributed by atoms with E-state index in [0.29, 0.717) is 17.7 Å². The van der Waals surface area contributed by atoms with Crippen LogP contribution in [0.25, 0.3) is 0 Å². The van der Waals surface area contributed by atoms with Crippen molar-refractivity contribution in [2.24, 2.45) is 0 Å². The van der Waals surface area contributed by atoms with Crippen LogP contribution in [-0.2, 0) is 4.74 Å². The number of carbonyl (C=O) groups is 2. The summed E-state index contributed by atoms with van der Waals surface area (Å²) in [6.07, 6.45) is 6.97. The molecule has 0 spiro atoms. The maximum atomic E-state index is 12.6. The molecule has 6 heteroatoms. The molecule has 0 unspecified atom stereocenters. The minimum Gasteiger partial charge on any atom is -0.379 e. The molecular formula is C21H31N3O3. The smallest absolute Gasteiger partial charge is 0.251 e. The van der Waals surface area contributed by atoms with Gasteiger partial charge in [0, 0.05) is 43.3 Å². The van der Waals surface area contributed by atoms with Gasteiger partial charge >= 0.3 is 0 Å². The molecule has 27 heavy (non-hydrogen) atoms. The highest BCUT2D eigenvalue weighted by molar-refractivity contribution is 5.99. The lowest BCUT2D eigenvalue weighted by molar-refractivity contribution is 0.0383. The topological polar surface area (TPSA) is 70.7 Å². The molecule has 0 atom stereocenters. The molecule has 1 aliphatic carbocycles. The fraction of sp³-hybridized carbons (Fsp3) is 0.619. The predicted molar refractivity (Wildman–Crippen MR) is 105 cm³/mol. The number of nitrogens with one attached hydrogen (secondary N) is 2. The van der Waals surface area contributed by atoms with Gasteiger partial charge in [0.05, 0.1) is 13.2 Å². The normalized spacial score (nSPS) is 19.3. The van der Waals surface area contributed by atoms with Crippen LogP contribution in [0.3, 0.4) is 0 Å². The lowest BCUT2D eigenvalue weighted by atomic mass is 10.1. The van der Waals surface area contributed by atoms with Gasteiger partial charge in [-0.1, -0.05) is 31.7 Å². The highest BCUT2D eigenvalue weighted by atomic mass is 16.5. The molecular weight excluding hydrogens is 342 g/mol. The molecule has 1 aliphatic heterocycles. The molecule has 3 rings (SSSR count). The standard InChI is InChI=1S/C21H31N3O3/c25-20(22-10-11-24-12-14-27-15-13-24)17-6-5-7-18(16-17)21(26)23-19-8-3-1-2-4-9-19/h5-7,16,19H,1-4,8-15H2,(H,22,25)(H,23,26). The molecule has 0 bridgehead atoms. The number of ether oxygens (including phenoxy) is 1. The van der Waals surface area contributed by atoms with Gasteiger partial charge < -0.3 is 15.4 Å². The second kappa shape index (κ2) is 10.4. The molecule has 2 N–H and O–H groups in total. The summed E-state index contributed by atoms with van der Waals surface area (Å²) in [6, 6.07) is 7.25. The Labute approximate surface area is 161 Å². The Kier molecular flexibility index (Phi) is 7.66. The van der Waals surface area contributed by atoms with Crippen LogP contribution in [0.1, 0.15) is 59.2 Å². The highest BCUT2D eigenvalue weighted by Crippen LogP contribution is 2.18. The first-order chi connectivity index (χ1) is 13.2. The number of amides is 2. The van der Waals surface area contributed by atoms with E-state index in [9.17, 15) is 9.59 Å². The van der Waals surface area contributed by atoms with E-state index in [1.807, 2.05) is 0 Å². The molecule has 1 heterocycles. The third-order valence-electron chi connectivity index (χ3n) is 5.39. The van der Waals surface area contributed by atoms with Crippen LogP contribution in [0.5, 0.6) is 0 Å². The molecule has 1 saturated heterocycles. The van der Waals surface area contributed by atoms with Gasteiger partial charge in [-0.25, -0.2) is 0 Å². The van der Waals surface area contributed by atoms with E-state index < -0.39 is 0 Å². The van der Waals surface area contributed by atoms with Gasteiger partial charge in [-0.3, -0.25) is 14.5 Å². The molecule has 2 amide bonds. The minimum absolute atomic E-state index is 0.0788. The Bertz CT molecular complexity index is 621. The zero-order valence-corrected chi connectivity index (χ0v) is 16.0. The fourth-order valence-corrected chi connectivity index (χ4v) is 3.75. The first-order valence-corrected chi connectivity index (χ1v) is 10.2. The lowest BCUT2D eigenvalue weighted by Crippen LogP contribution is -2.41. The zero-order valence-electron chi connectivity index (χ0n) is 16.0. The van der Waals surface area contributed by atoms with E-state index >= 15 is 0 Å². The molecule has 1 saturated carbocycles. The van der Waals surface area contributed by atoms with Crippen LogP contribution >= 0.6 is 0 Å². The molecule has 6 nitrogen and oxygen atoms in total. The van der Waals surface area contributed by atoms with E-state index in [2.05, 4.69) is 15.5 Å². The Morgan fingerprint density at radius 1 is 1.00 bits per heavy atom. The highest BCUT2D eigenvalue weighted by Gasteiger charge is 2.17. The van der Waals surface area contributed by atoms with Gasteiger partial charge in [0.2, 0.25) is 0 Å². The molecule has 2 fully saturated rings. The van der Waals surface area contributed by atoms with Gasteiger partial charge in [0.1, 0.15) is 0 Å². The van der Waals surface area contributed by atoms with Gasteiger partial charge in [-0.15, -0.1) is 0 Å². The summed E-state index contributed by atoms with van der Waals surface area (Å²) in [4.78, 5) is 27.2. The second-order valence-electron chi connectivity index (χ2n) is 7.45. The number of rotatable bonds is 6. The SMILES string of the molecule is O=C(NCCN1CCOCC1)c1cccc(C(=O)NC2CCCCCC2)c1. The van der Waals surface area contributed by atoms with Crippen molar-refractivity contribution in [3.8, 4) is 0 Å². The van der Waals surface area contributed by atoms with Crippen LogP contribution < -0.4 is 10.6 Å². The predicted octanol–water partition coefficient (Wildman–Crippen LogP) is 2.20. The van der Waals surface area contributed by atoms with Crippen molar-refractivity contribution in [1.29, 1.82) is 0 Å². The van der Waals surface area contributed by atoms with Crippen molar-refractivity contribution in [3.63, 3.8) is 0 Å². The van der Waals surface area contributed by atoms with E-state index in [4.69, 9.17) is 4.74 Å². The number of carbonyl (C=O) groups excluding carboxylic acids is 2. The second-order valence-corrected chi connectivity index (χ2v) is 7.45. The number of nitrogens with zero attached hydrogens (tertiary/aromatic N) is 1. The summed E-state index contributed by atoms with van der Waals surface area (Å²) in [5.74, 6) is -0.211. The van der Waals surface area contributed by atoms with E-state index in [0.717, 1.165) is 45.7 Å². The molecule has 0 radical (unpaired) electrons. The number of morpholine rings is 1. The summed E-state index contributed by atoms with van der Waals surface area (Å²) in [5, 5.41) is 6.09. The van der Waals surface area contributed by atoms with Crippen molar-refractivity contribution in [1.82, 2.24) is 15.5 Å². The van der Waals surface area contributed by atoms with E-state index in [-0.39, 0.29) is 17.9 Å². The third kappa shape index (κ3) is 6.33. The summed E-state index contributed by atoms with van der Waals surface area (Å²) in [7, 11) is 0. The minimum atomic E-state index is -0.132. The Morgan fingerprint density at radius 2 is 1.67 bits per heavy atom. The quantitative estimate of drug-likeness (QED) is 0.750. The van der Waals surface area contributed by atoms with Crippen LogP contribution in [0, 0.1) is 0 Å². The summed E-state index contributed by atoms with van der Waals surface area (Å²) >= 11 is 0. The van der Waals surface area contributed by atoms with Gasteiger partial charge in [0.25, 0.3) is 11.8 Å². The fourth-order valence-electron chi connectivity index (χ4n) is 3.75. The molecule has 1 aromatic rings. The van der Waals surface area contributed by atoms with Crippen LogP contribution in [-0.4, -0.2) is 62.1 Å². The average Bonchev–Trinajstić information content (AvgIpc) is 2.97. The molecule has 0 aromatic heterocycles. The van der Waals surface area contributed by atoms with Crippen molar-refractivity contribution in [2.75, 3.05) is 39.4 Å². The first-order valence-electron chi connectivity index (χ1n) is 10.2. The maximum absolute atomic E-state index is 12.6. The Morgan fingerprint density at radius 3 is 2.37 bits per heavy atom. The molecule has 148 valence electrons. The van der Waals surface area contributed by atoms with Crippen molar-refractivity contribution in [3.05, 3.63) is 35.4 Å². The molecule has 1 aromatic carbocycles. The molecule has 2 aliphatic rings. The van der Waals surface area contributed by atoms with Crippen LogP contribution in [0.15, 0.2) is 24.3 Å². The monoisotopic (exact) mass is 373 g/mol.